The third-order valence-corrected chi connectivity index (χ3v) is 5.17. The summed E-state index contributed by atoms with van der Waals surface area (Å²) in [5.41, 5.74) is 3.92. The average Bonchev–Trinajstić information content (AvgIpc) is 3.36. The van der Waals surface area contributed by atoms with Crippen LogP contribution in [0, 0.1) is 0 Å². The topological polar surface area (TPSA) is 120 Å². The summed E-state index contributed by atoms with van der Waals surface area (Å²) in [4.78, 5) is 28.9. The van der Waals surface area contributed by atoms with E-state index in [9.17, 15) is 14.7 Å². The van der Waals surface area contributed by atoms with E-state index in [1.54, 1.807) is 49.1 Å². The number of hydrogen-bond acceptors (Lipinski definition) is 5. The number of nitrogens with one attached hydrogen (secondary N) is 3. The lowest BCUT2D eigenvalue weighted by molar-refractivity contribution is -0.118. The van der Waals surface area contributed by atoms with Gasteiger partial charge in [-0.25, -0.2) is 4.79 Å². The maximum Gasteiger partial charge on any atom is 0.335 e. The standard InChI is InChI=1S/C25H23N5O3/c31-24(23(10-17-4-2-1-3-5-17)27-14-18-15-28-29-16-18)30-22-12-20(11-21(13-22)25(32)33)19-6-8-26-9-7-19/h1-9,11-13,15-16,23,27H,10,14H2,(H,28,29)(H,30,31)(H,32,33). The number of hydrogen-bond donors (Lipinski definition) is 4. The SMILES string of the molecule is O=C(O)c1cc(NC(=O)C(Cc2ccccc2)NCc2cn[nH]c2)cc(-c2ccncc2)c1. The van der Waals surface area contributed by atoms with Crippen LogP contribution in [0.5, 0.6) is 0 Å². The van der Waals surface area contributed by atoms with Crippen molar-refractivity contribution in [3.05, 3.63) is 102 Å². The van der Waals surface area contributed by atoms with E-state index in [-0.39, 0.29) is 11.5 Å². The fourth-order valence-electron chi connectivity index (χ4n) is 3.49. The van der Waals surface area contributed by atoms with E-state index in [0.29, 0.717) is 24.2 Å². The summed E-state index contributed by atoms with van der Waals surface area (Å²) in [6.07, 6.45) is 7.21. The molecular formula is C25H23N5O3. The predicted molar refractivity (Wildman–Crippen MR) is 125 cm³/mol. The van der Waals surface area contributed by atoms with E-state index in [1.165, 1.54) is 6.07 Å². The summed E-state index contributed by atoms with van der Waals surface area (Å²) < 4.78 is 0. The first-order valence-electron chi connectivity index (χ1n) is 10.4. The largest absolute Gasteiger partial charge is 0.478 e. The Hall–Kier alpha value is -4.30. The number of anilines is 1. The molecule has 0 bridgehead atoms. The quantitative estimate of drug-likeness (QED) is 0.316. The van der Waals surface area contributed by atoms with Crippen LogP contribution in [-0.2, 0) is 17.8 Å². The van der Waals surface area contributed by atoms with Gasteiger partial charge in [0.2, 0.25) is 5.91 Å². The van der Waals surface area contributed by atoms with Crippen molar-refractivity contribution in [3.63, 3.8) is 0 Å². The predicted octanol–water partition coefficient (Wildman–Crippen LogP) is 3.51. The second-order valence-electron chi connectivity index (χ2n) is 7.56. The van der Waals surface area contributed by atoms with Crippen LogP contribution in [0.1, 0.15) is 21.5 Å². The summed E-state index contributed by atoms with van der Waals surface area (Å²) in [5.74, 6) is -1.33. The van der Waals surface area contributed by atoms with Crippen molar-refractivity contribution in [2.24, 2.45) is 0 Å². The highest BCUT2D eigenvalue weighted by atomic mass is 16.4. The van der Waals surface area contributed by atoms with Crippen molar-refractivity contribution in [2.45, 2.75) is 19.0 Å². The van der Waals surface area contributed by atoms with Crippen LogP contribution in [0.25, 0.3) is 11.1 Å². The van der Waals surface area contributed by atoms with Crippen LogP contribution in [0.3, 0.4) is 0 Å². The summed E-state index contributed by atoms with van der Waals surface area (Å²) in [7, 11) is 0. The highest BCUT2D eigenvalue weighted by molar-refractivity contribution is 5.98. The fraction of sp³-hybridized carbons (Fsp3) is 0.120. The number of H-pyrrole nitrogens is 1. The fourth-order valence-corrected chi connectivity index (χ4v) is 3.49. The molecule has 1 amide bonds. The van der Waals surface area contributed by atoms with Gasteiger partial charge in [-0.05, 0) is 53.4 Å². The number of carbonyl (C=O) groups is 2. The van der Waals surface area contributed by atoms with Crippen molar-refractivity contribution < 1.29 is 14.7 Å². The average molecular weight is 441 g/mol. The van der Waals surface area contributed by atoms with Crippen LogP contribution in [0.4, 0.5) is 5.69 Å². The molecular weight excluding hydrogens is 418 g/mol. The van der Waals surface area contributed by atoms with E-state index >= 15 is 0 Å². The van der Waals surface area contributed by atoms with E-state index in [1.807, 2.05) is 30.3 Å². The first kappa shape index (κ1) is 21.9. The zero-order valence-corrected chi connectivity index (χ0v) is 17.7. The number of carboxylic acids is 1. The molecule has 0 aliphatic heterocycles. The smallest absolute Gasteiger partial charge is 0.335 e. The van der Waals surface area contributed by atoms with Crippen LogP contribution < -0.4 is 10.6 Å². The minimum Gasteiger partial charge on any atom is -0.478 e. The van der Waals surface area contributed by atoms with Gasteiger partial charge in [0, 0.05) is 36.4 Å². The monoisotopic (exact) mass is 441 g/mol. The zero-order chi connectivity index (χ0) is 23.0. The summed E-state index contributed by atoms with van der Waals surface area (Å²) in [6, 6.07) is 17.5. The van der Waals surface area contributed by atoms with Gasteiger partial charge in [-0.2, -0.15) is 5.10 Å². The Morgan fingerprint density at radius 2 is 1.76 bits per heavy atom. The minimum absolute atomic E-state index is 0.0885. The molecule has 8 heteroatoms. The number of carboxylic acid groups (broad SMARTS) is 1. The van der Waals surface area contributed by atoms with E-state index in [4.69, 9.17) is 0 Å². The molecule has 4 N–H and O–H groups in total. The molecule has 33 heavy (non-hydrogen) atoms. The number of amides is 1. The molecule has 0 saturated heterocycles. The lowest BCUT2D eigenvalue weighted by Gasteiger charge is -2.19. The number of aromatic nitrogens is 3. The number of aromatic carboxylic acids is 1. The van der Waals surface area contributed by atoms with Gasteiger partial charge in [-0.3, -0.25) is 14.9 Å². The van der Waals surface area contributed by atoms with Crippen molar-refractivity contribution in [1.82, 2.24) is 20.5 Å². The van der Waals surface area contributed by atoms with Gasteiger partial charge >= 0.3 is 5.97 Å². The normalized spacial score (nSPS) is 11.6. The third-order valence-electron chi connectivity index (χ3n) is 5.17. The molecule has 4 rings (SSSR count). The Morgan fingerprint density at radius 1 is 0.970 bits per heavy atom. The Bertz CT molecular complexity index is 1210. The number of nitrogens with zero attached hydrogens (tertiary/aromatic N) is 2. The van der Waals surface area contributed by atoms with Gasteiger partial charge in [0.1, 0.15) is 0 Å². The number of carbonyl (C=O) groups excluding carboxylic acids is 1. The zero-order valence-electron chi connectivity index (χ0n) is 17.7. The van der Waals surface area contributed by atoms with E-state index < -0.39 is 12.0 Å². The van der Waals surface area contributed by atoms with Gasteiger partial charge in [0.15, 0.2) is 0 Å². The van der Waals surface area contributed by atoms with Crippen LogP contribution in [-0.4, -0.2) is 38.2 Å². The second-order valence-corrected chi connectivity index (χ2v) is 7.56. The Balaban J connectivity index is 1.58. The third kappa shape index (κ3) is 5.90. The summed E-state index contributed by atoms with van der Waals surface area (Å²) in [5, 5.41) is 22.4. The second kappa shape index (κ2) is 10.3. The number of aromatic amines is 1. The Morgan fingerprint density at radius 3 is 2.45 bits per heavy atom. The maximum atomic E-state index is 13.3. The highest BCUT2D eigenvalue weighted by Crippen LogP contribution is 2.25. The van der Waals surface area contributed by atoms with Crippen molar-refractivity contribution >= 4 is 17.6 Å². The van der Waals surface area contributed by atoms with Crippen LogP contribution >= 0.6 is 0 Å². The van der Waals surface area contributed by atoms with Crippen molar-refractivity contribution in [1.29, 1.82) is 0 Å². The number of rotatable bonds is 9. The van der Waals surface area contributed by atoms with Crippen LogP contribution in [0.15, 0.2) is 85.5 Å². The van der Waals surface area contributed by atoms with Crippen LogP contribution in [0.2, 0.25) is 0 Å². The van der Waals surface area contributed by atoms with E-state index in [2.05, 4.69) is 25.8 Å². The molecule has 166 valence electrons. The highest BCUT2D eigenvalue weighted by Gasteiger charge is 2.20. The molecule has 0 aliphatic rings. The molecule has 0 fully saturated rings. The lowest BCUT2D eigenvalue weighted by atomic mass is 10.0. The first-order chi connectivity index (χ1) is 16.1. The molecule has 8 nitrogen and oxygen atoms in total. The number of pyridine rings is 1. The number of benzene rings is 2. The first-order valence-corrected chi connectivity index (χ1v) is 10.4. The van der Waals surface area contributed by atoms with Crippen molar-refractivity contribution in [2.75, 3.05) is 5.32 Å². The molecule has 2 aromatic heterocycles. The summed E-state index contributed by atoms with van der Waals surface area (Å²) >= 11 is 0. The maximum absolute atomic E-state index is 13.3. The van der Waals surface area contributed by atoms with Gasteiger partial charge in [0.25, 0.3) is 0 Å². The van der Waals surface area contributed by atoms with Crippen molar-refractivity contribution in [3.8, 4) is 11.1 Å². The molecule has 0 aliphatic carbocycles. The summed E-state index contributed by atoms with van der Waals surface area (Å²) in [6.45, 7) is 0.457. The Kier molecular flexibility index (Phi) is 6.87. The molecule has 0 spiro atoms. The lowest BCUT2D eigenvalue weighted by Crippen LogP contribution is -2.41. The van der Waals surface area contributed by atoms with Gasteiger partial charge in [-0.1, -0.05) is 30.3 Å². The Labute approximate surface area is 190 Å². The van der Waals surface area contributed by atoms with Gasteiger partial charge in [-0.15, -0.1) is 0 Å². The molecule has 2 heterocycles. The molecule has 1 atom stereocenters. The molecule has 4 aromatic rings. The molecule has 2 aromatic carbocycles. The minimum atomic E-state index is -1.07. The van der Waals surface area contributed by atoms with E-state index in [0.717, 1.165) is 16.7 Å². The molecule has 0 radical (unpaired) electrons. The molecule has 0 saturated carbocycles. The van der Waals surface area contributed by atoms with Gasteiger partial charge in [0.05, 0.1) is 17.8 Å². The van der Waals surface area contributed by atoms with Gasteiger partial charge < -0.3 is 15.7 Å². The molecule has 1 unspecified atom stereocenters.